The summed E-state index contributed by atoms with van der Waals surface area (Å²) in [4.78, 5) is 11.7. The van der Waals surface area contributed by atoms with Crippen LogP contribution >= 0.6 is 20.4 Å². The first-order valence-electron chi connectivity index (χ1n) is 4.46. The number of amides is 1. The van der Waals surface area contributed by atoms with Crippen molar-refractivity contribution in [2.45, 2.75) is 26.8 Å². The van der Waals surface area contributed by atoms with Gasteiger partial charge in [-0.1, -0.05) is 0 Å². The van der Waals surface area contributed by atoms with E-state index in [0.717, 1.165) is 10.8 Å². The summed E-state index contributed by atoms with van der Waals surface area (Å²) in [5, 5.41) is 2.80. The zero-order valence-electron chi connectivity index (χ0n) is 8.61. The van der Waals surface area contributed by atoms with Crippen molar-refractivity contribution in [3.63, 3.8) is 0 Å². The van der Waals surface area contributed by atoms with Gasteiger partial charge in [-0.05, 0) is 31.6 Å². The fraction of sp³-hybridized carbons (Fsp3) is 0.875. The minimum atomic E-state index is -2.58. The Morgan fingerprint density at radius 2 is 2.14 bits per heavy atom. The molecular formula is C8H17NO3S2. The molecule has 3 N–H and O–H groups in total. The van der Waals surface area contributed by atoms with Crippen LogP contribution in [0.4, 0.5) is 0 Å². The molecule has 1 heterocycles. The molecule has 0 radical (unpaired) electrons. The number of nitrogens with one attached hydrogen (secondary N) is 1. The van der Waals surface area contributed by atoms with Crippen molar-refractivity contribution in [2.24, 2.45) is 5.41 Å². The summed E-state index contributed by atoms with van der Waals surface area (Å²) >= 11 is 0. The van der Waals surface area contributed by atoms with E-state index in [4.69, 9.17) is 0 Å². The highest BCUT2D eigenvalue weighted by Gasteiger charge is 2.45. The van der Waals surface area contributed by atoms with Gasteiger partial charge in [0.25, 0.3) is 0 Å². The highest BCUT2D eigenvalue weighted by atomic mass is 33.2. The molecular weight excluding hydrogens is 222 g/mol. The number of carbonyl (C=O) groups is 1. The lowest BCUT2D eigenvalue weighted by atomic mass is 9.94. The minimum Gasteiger partial charge on any atom is -0.353 e. The fourth-order valence-corrected chi connectivity index (χ4v) is 5.62. The molecule has 0 aromatic rings. The van der Waals surface area contributed by atoms with Crippen LogP contribution in [0.3, 0.4) is 0 Å². The van der Waals surface area contributed by atoms with E-state index in [9.17, 15) is 13.9 Å². The molecule has 0 bridgehead atoms. The molecule has 1 fully saturated rings. The summed E-state index contributed by atoms with van der Waals surface area (Å²) < 4.78 is 18.9. The van der Waals surface area contributed by atoms with Crippen molar-refractivity contribution in [2.75, 3.05) is 11.5 Å². The van der Waals surface area contributed by atoms with Gasteiger partial charge < -0.3 is 5.32 Å². The molecule has 0 aromatic carbocycles. The predicted molar refractivity (Wildman–Crippen MR) is 61.6 cm³/mol. The topological polar surface area (TPSA) is 69.6 Å². The van der Waals surface area contributed by atoms with E-state index in [1.807, 2.05) is 13.8 Å². The average Bonchev–Trinajstić information content (AvgIpc) is 2.25. The lowest BCUT2D eigenvalue weighted by molar-refractivity contribution is -0.128. The Morgan fingerprint density at radius 1 is 1.57 bits per heavy atom. The average molecular weight is 239 g/mol. The second-order valence-electron chi connectivity index (χ2n) is 4.20. The Hall–Kier alpha value is 0.0900. The molecule has 1 aliphatic heterocycles. The second-order valence-corrected chi connectivity index (χ2v) is 8.54. The zero-order chi connectivity index (χ0) is 11.0. The van der Waals surface area contributed by atoms with Crippen molar-refractivity contribution in [3.05, 3.63) is 0 Å². The van der Waals surface area contributed by atoms with Crippen LogP contribution in [0.2, 0.25) is 0 Å². The zero-order valence-corrected chi connectivity index (χ0v) is 10.2. The summed E-state index contributed by atoms with van der Waals surface area (Å²) in [5.74, 6) is 0.564. The lowest BCUT2D eigenvalue weighted by Crippen LogP contribution is -2.44. The van der Waals surface area contributed by atoms with Crippen molar-refractivity contribution in [1.82, 2.24) is 5.32 Å². The molecule has 1 atom stereocenters. The molecule has 84 valence electrons. The Morgan fingerprint density at radius 3 is 2.50 bits per heavy atom. The maximum Gasteiger partial charge on any atom is 0.228 e. The summed E-state index contributed by atoms with van der Waals surface area (Å²) in [6, 6.07) is 0.0895. The molecule has 6 heteroatoms. The number of hydrogen-bond donors (Lipinski definition) is 3. The summed E-state index contributed by atoms with van der Waals surface area (Å²) in [6.45, 7) is 5.56. The third-order valence-corrected chi connectivity index (χ3v) is 6.03. The van der Waals surface area contributed by atoms with E-state index in [1.54, 1.807) is 6.92 Å². The molecule has 0 spiro atoms. The lowest BCUT2D eigenvalue weighted by Gasteiger charge is -2.28. The van der Waals surface area contributed by atoms with Gasteiger partial charge in [0, 0.05) is 11.8 Å². The number of carbonyl (C=O) groups excluding carboxylic acids is 1. The van der Waals surface area contributed by atoms with Crippen molar-refractivity contribution in [3.8, 4) is 0 Å². The van der Waals surface area contributed by atoms with Gasteiger partial charge in [-0.2, -0.15) is 0 Å². The fourth-order valence-electron chi connectivity index (χ4n) is 1.29. The quantitative estimate of drug-likeness (QED) is 0.644. The van der Waals surface area contributed by atoms with Crippen LogP contribution in [0, 0.1) is 5.41 Å². The van der Waals surface area contributed by atoms with Crippen molar-refractivity contribution < 1.29 is 13.9 Å². The first kappa shape index (κ1) is 12.2. The summed E-state index contributed by atoms with van der Waals surface area (Å²) in [5.41, 5.74) is -0.631. The maximum atomic E-state index is 11.7. The smallest absolute Gasteiger partial charge is 0.228 e. The largest absolute Gasteiger partial charge is 0.353 e. The van der Waals surface area contributed by atoms with E-state index in [0.29, 0.717) is 5.75 Å². The molecule has 4 nitrogen and oxygen atoms in total. The molecule has 0 saturated carbocycles. The van der Waals surface area contributed by atoms with Crippen molar-refractivity contribution in [1.29, 1.82) is 0 Å². The Labute approximate surface area is 89.6 Å². The third kappa shape index (κ3) is 2.79. The standard InChI is InChI=1S/C8H17NO3S2/c1-6(2)9-7(10)8(3)4-13-14(11,12)5-8/h6,11-12H,4-5H2,1-3H3,(H,9,10). The van der Waals surface area contributed by atoms with Gasteiger partial charge in [-0.3, -0.25) is 13.9 Å². The van der Waals surface area contributed by atoms with Gasteiger partial charge in [0.05, 0.1) is 11.2 Å². The number of hydrogen-bond acceptors (Lipinski definition) is 4. The summed E-state index contributed by atoms with van der Waals surface area (Å²) in [6.07, 6.45) is 0. The van der Waals surface area contributed by atoms with Gasteiger partial charge in [-0.15, -0.1) is 9.62 Å². The first-order valence-corrected chi connectivity index (χ1v) is 7.68. The van der Waals surface area contributed by atoms with Gasteiger partial charge in [0.15, 0.2) is 0 Å². The van der Waals surface area contributed by atoms with Gasteiger partial charge in [-0.25, -0.2) is 0 Å². The molecule has 1 rings (SSSR count). The molecule has 0 aromatic heterocycles. The van der Waals surface area contributed by atoms with Gasteiger partial charge in [0.1, 0.15) is 0 Å². The van der Waals surface area contributed by atoms with Crippen molar-refractivity contribution >= 4 is 26.3 Å². The van der Waals surface area contributed by atoms with Crippen LogP contribution in [-0.4, -0.2) is 32.6 Å². The Kier molecular flexibility index (Phi) is 3.41. The highest BCUT2D eigenvalue weighted by molar-refractivity contribution is 8.90. The highest BCUT2D eigenvalue weighted by Crippen LogP contribution is 2.63. The number of rotatable bonds is 2. The van der Waals surface area contributed by atoms with Crippen LogP contribution in [0.25, 0.3) is 0 Å². The van der Waals surface area contributed by atoms with E-state index in [2.05, 4.69) is 5.32 Å². The normalized spacial score (nSPS) is 33.0. The minimum absolute atomic E-state index is 0.0857. The van der Waals surface area contributed by atoms with Crippen LogP contribution < -0.4 is 5.32 Å². The van der Waals surface area contributed by atoms with Gasteiger partial charge >= 0.3 is 0 Å². The molecule has 1 saturated heterocycles. The predicted octanol–water partition coefficient (Wildman–Crippen LogP) is 1.93. The monoisotopic (exact) mass is 239 g/mol. The van der Waals surface area contributed by atoms with Gasteiger partial charge in [0.2, 0.25) is 5.91 Å². The first-order chi connectivity index (χ1) is 6.25. The molecule has 1 unspecified atom stereocenters. The second kappa shape index (κ2) is 3.92. The summed E-state index contributed by atoms with van der Waals surface area (Å²) in [7, 11) is -1.48. The van der Waals surface area contributed by atoms with Crippen LogP contribution in [-0.2, 0) is 4.79 Å². The van der Waals surface area contributed by atoms with E-state index < -0.39 is 15.0 Å². The Balaban J connectivity index is 2.64. The SMILES string of the molecule is CC(C)NC(=O)C1(C)CSS(O)(O)C1. The maximum absolute atomic E-state index is 11.7. The van der Waals surface area contributed by atoms with E-state index in [-0.39, 0.29) is 17.7 Å². The Bertz CT molecular complexity index is 245. The van der Waals surface area contributed by atoms with Crippen LogP contribution in [0.1, 0.15) is 20.8 Å². The molecule has 14 heavy (non-hydrogen) atoms. The molecule has 1 amide bonds. The third-order valence-electron chi connectivity index (χ3n) is 2.04. The van der Waals surface area contributed by atoms with E-state index in [1.165, 1.54) is 0 Å². The van der Waals surface area contributed by atoms with Crippen LogP contribution in [0.15, 0.2) is 0 Å². The molecule has 1 aliphatic rings. The van der Waals surface area contributed by atoms with Crippen LogP contribution in [0.5, 0.6) is 0 Å². The van der Waals surface area contributed by atoms with E-state index >= 15 is 0 Å². The molecule has 0 aliphatic carbocycles.